The minimum absolute atomic E-state index is 0.0308. The van der Waals surface area contributed by atoms with Crippen molar-refractivity contribution < 1.29 is 22.3 Å². The summed E-state index contributed by atoms with van der Waals surface area (Å²) >= 11 is 0. The highest BCUT2D eigenvalue weighted by molar-refractivity contribution is 5.34. The molecule has 0 bridgehead atoms. The van der Waals surface area contributed by atoms with Crippen LogP contribution < -0.4 is 4.74 Å². The summed E-state index contributed by atoms with van der Waals surface area (Å²) in [5, 5.41) is 0. The van der Waals surface area contributed by atoms with E-state index in [4.69, 9.17) is 4.74 Å². The molecule has 0 N–H and O–H groups in total. The highest BCUT2D eigenvalue weighted by Gasteiger charge is 2.14. The summed E-state index contributed by atoms with van der Waals surface area (Å²) in [6.07, 6.45) is -1.31. The average Bonchev–Trinajstić information content (AvgIpc) is 2.21. The highest BCUT2D eigenvalue weighted by atomic mass is 19.1. The Morgan fingerprint density at radius 2 is 1.80 bits per heavy atom. The maximum atomic E-state index is 13.0. The Morgan fingerprint density at radius 3 is 2.33 bits per heavy atom. The number of alkyl halides is 2. The molecule has 0 amide bonds. The highest BCUT2D eigenvalue weighted by Crippen LogP contribution is 2.23. The molecule has 0 atom stereocenters. The van der Waals surface area contributed by atoms with Gasteiger partial charge in [0.2, 0.25) is 0 Å². The molecule has 0 aliphatic heterocycles. The first-order valence-corrected chi connectivity index (χ1v) is 4.32. The van der Waals surface area contributed by atoms with E-state index in [1.54, 1.807) is 0 Å². The molecule has 0 aliphatic rings. The summed E-state index contributed by atoms with van der Waals surface area (Å²) in [6, 6.07) is 1.58. The summed E-state index contributed by atoms with van der Waals surface area (Å²) in [6.45, 7) is -0.750. The van der Waals surface area contributed by atoms with Crippen molar-refractivity contribution in [2.45, 2.75) is 13.0 Å². The van der Waals surface area contributed by atoms with Crippen LogP contribution in [0.2, 0.25) is 0 Å². The van der Waals surface area contributed by atoms with Crippen LogP contribution in [0.1, 0.15) is 5.56 Å². The third-order valence-corrected chi connectivity index (χ3v) is 1.90. The van der Waals surface area contributed by atoms with Gasteiger partial charge < -0.3 is 4.74 Å². The van der Waals surface area contributed by atoms with Crippen LogP contribution in [-0.4, -0.2) is 19.5 Å². The third kappa shape index (κ3) is 2.84. The maximum Gasteiger partial charge on any atom is 0.155 e. The topological polar surface area (TPSA) is 9.23 Å². The van der Waals surface area contributed by atoms with Gasteiger partial charge in [-0.15, -0.1) is 0 Å². The fourth-order valence-corrected chi connectivity index (χ4v) is 1.03. The molecule has 0 fully saturated rings. The summed E-state index contributed by atoms with van der Waals surface area (Å²) < 4.78 is 54.8. The van der Waals surface area contributed by atoms with Crippen LogP contribution in [0.15, 0.2) is 12.1 Å². The summed E-state index contributed by atoms with van der Waals surface area (Å²) in [5.41, 5.74) is 0.0308. The van der Waals surface area contributed by atoms with Gasteiger partial charge in [0.15, 0.2) is 6.10 Å². The van der Waals surface area contributed by atoms with Gasteiger partial charge >= 0.3 is 0 Å². The van der Waals surface area contributed by atoms with Crippen molar-refractivity contribution in [1.82, 2.24) is 0 Å². The van der Waals surface area contributed by atoms with E-state index in [9.17, 15) is 17.6 Å². The average molecular weight is 222 g/mol. The van der Waals surface area contributed by atoms with Crippen LogP contribution >= 0.6 is 0 Å². The van der Waals surface area contributed by atoms with E-state index in [0.717, 1.165) is 6.07 Å². The van der Waals surface area contributed by atoms with Gasteiger partial charge in [-0.25, -0.2) is 17.6 Å². The number of hydrogen-bond acceptors (Lipinski definition) is 1. The Kier molecular flexibility index (Phi) is 3.94. The van der Waals surface area contributed by atoms with Crippen molar-refractivity contribution in [2.75, 3.05) is 13.3 Å². The molecule has 1 aromatic carbocycles. The maximum absolute atomic E-state index is 13.0. The van der Waals surface area contributed by atoms with Gasteiger partial charge in [0.05, 0.1) is 0 Å². The first-order valence-electron chi connectivity index (χ1n) is 4.32. The minimum Gasteiger partial charge on any atom is -0.484 e. The fraction of sp³-hybridized carbons (Fsp3) is 0.400. The SMILES string of the molecule is Cc1c(F)cc(F)cc1OC(CF)CF. The Morgan fingerprint density at radius 1 is 1.20 bits per heavy atom. The monoisotopic (exact) mass is 222 g/mol. The molecule has 5 heteroatoms. The van der Waals surface area contributed by atoms with Crippen molar-refractivity contribution in [3.8, 4) is 5.75 Å². The normalized spacial score (nSPS) is 10.8. The van der Waals surface area contributed by atoms with Crippen molar-refractivity contribution in [3.05, 3.63) is 29.3 Å². The summed E-state index contributed by atoms with van der Waals surface area (Å²) in [5.74, 6) is -1.82. The second-order valence-electron chi connectivity index (χ2n) is 3.06. The molecule has 1 nitrogen and oxygen atoms in total. The molecule has 15 heavy (non-hydrogen) atoms. The zero-order valence-corrected chi connectivity index (χ0v) is 8.07. The van der Waals surface area contributed by atoms with Crippen LogP contribution in [0, 0.1) is 18.6 Å². The Hall–Kier alpha value is -1.26. The molecule has 0 radical (unpaired) electrons. The molecule has 84 valence electrons. The van der Waals surface area contributed by atoms with Crippen molar-refractivity contribution >= 4 is 0 Å². The molecular weight excluding hydrogens is 212 g/mol. The Labute approximate surface area is 84.7 Å². The lowest BCUT2D eigenvalue weighted by atomic mass is 10.2. The first-order chi connectivity index (χ1) is 7.08. The molecular formula is C10H10F4O. The van der Waals surface area contributed by atoms with E-state index >= 15 is 0 Å². The van der Waals surface area contributed by atoms with Crippen LogP contribution in [0.25, 0.3) is 0 Å². The Balaban J connectivity index is 2.93. The van der Waals surface area contributed by atoms with Crippen molar-refractivity contribution in [3.63, 3.8) is 0 Å². The van der Waals surface area contributed by atoms with E-state index in [-0.39, 0.29) is 11.3 Å². The number of hydrogen-bond donors (Lipinski definition) is 0. The molecule has 0 heterocycles. The predicted molar refractivity (Wildman–Crippen MR) is 47.5 cm³/mol. The number of rotatable bonds is 4. The molecule has 0 saturated heterocycles. The number of benzene rings is 1. The van der Waals surface area contributed by atoms with E-state index < -0.39 is 31.1 Å². The first kappa shape index (κ1) is 11.8. The van der Waals surface area contributed by atoms with Gasteiger partial charge in [0.25, 0.3) is 0 Å². The molecule has 0 saturated carbocycles. The largest absolute Gasteiger partial charge is 0.484 e. The second kappa shape index (κ2) is 5.00. The fourth-order valence-electron chi connectivity index (χ4n) is 1.03. The van der Waals surface area contributed by atoms with Crippen LogP contribution in [0.3, 0.4) is 0 Å². The smallest absolute Gasteiger partial charge is 0.155 e. The lowest BCUT2D eigenvalue weighted by molar-refractivity contribution is 0.132. The lowest BCUT2D eigenvalue weighted by Crippen LogP contribution is -2.21. The summed E-state index contributed by atoms with van der Waals surface area (Å²) in [4.78, 5) is 0. The van der Waals surface area contributed by atoms with Gasteiger partial charge in [0, 0.05) is 17.7 Å². The minimum atomic E-state index is -1.31. The van der Waals surface area contributed by atoms with Crippen LogP contribution in [0.4, 0.5) is 17.6 Å². The molecule has 1 rings (SSSR count). The third-order valence-electron chi connectivity index (χ3n) is 1.90. The number of ether oxygens (including phenoxy) is 1. The van der Waals surface area contributed by atoms with Crippen molar-refractivity contribution in [1.29, 1.82) is 0 Å². The molecule has 1 aromatic rings. The Bertz CT molecular complexity index is 336. The van der Waals surface area contributed by atoms with E-state index in [0.29, 0.717) is 6.07 Å². The molecule has 0 aromatic heterocycles. The predicted octanol–water partition coefficient (Wildman–Crippen LogP) is 2.96. The number of halogens is 4. The van der Waals surface area contributed by atoms with Crippen LogP contribution in [0.5, 0.6) is 5.75 Å². The van der Waals surface area contributed by atoms with Gasteiger partial charge in [-0.2, -0.15) is 0 Å². The molecule has 0 aliphatic carbocycles. The van der Waals surface area contributed by atoms with Gasteiger partial charge in [-0.3, -0.25) is 0 Å². The standard InChI is InChI=1S/C10H10F4O/c1-6-9(14)2-7(13)3-10(6)15-8(4-11)5-12/h2-3,8H,4-5H2,1H3. The second-order valence-corrected chi connectivity index (χ2v) is 3.06. The van der Waals surface area contributed by atoms with Gasteiger partial charge in [-0.1, -0.05) is 0 Å². The molecule has 0 spiro atoms. The summed E-state index contributed by atoms with van der Waals surface area (Å²) in [7, 11) is 0. The van der Waals surface area contributed by atoms with Crippen molar-refractivity contribution in [2.24, 2.45) is 0 Å². The zero-order valence-electron chi connectivity index (χ0n) is 8.07. The van der Waals surface area contributed by atoms with E-state index in [2.05, 4.69) is 0 Å². The quantitative estimate of drug-likeness (QED) is 0.711. The van der Waals surface area contributed by atoms with Crippen LogP contribution in [-0.2, 0) is 0 Å². The van der Waals surface area contributed by atoms with Gasteiger partial charge in [0.1, 0.15) is 30.7 Å². The lowest BCUT2D eigenvalue weighted by Gasteiger charge is -2.14. The van der Waals surface area contributed by atoms with E-state index in [1.807, 2.05) is 0 Å². The van der Waals surface area contributed by atoms with Gasteiger partial charge in [-0.05, 0) is 6.92 Å². The zero-order chi connectivity index (χ0) is 11.4. The molecule has 0 unspecified atom stereocenters. The van der Waals surface area contributed by atoms with E-state index in [1.165, 1.54) is 6.92 Å².